The number of hydrogen-bond donors (Lipinski definition) is 2. The molecule has 0 fully saturated rings. The Bertz CT molecular complexity index is 511. The zero-order chi connectivity index (χ0) is 16.0. The average molecular weight is 291 g/mol. The van der Waals surface area contributed by atoms with Crippen LogP contribution in [0, 0.1) is 5.92 Å². The molecule has 1 aromatic carbocycles. The van der Waals surface area contributed by atoms with Crippen LogP contribution in [0.5, 0.6) is 0 Å². The molecule has 0 aromatic heterocycles. The minimum Gasteiger partial charge on any atom is -0.481 e. The lowest BCUT2D eigenvalue weighted by Gasteiger charge is -2.33. The van der Waals surface area contributed by atoms with Crippen molar-refractivity contribution in [3.8, 4) is 0 Å². The maximum atomic E-state index is 12.2. The van der Waals surface area contributed by atoms with Crippen LogP contribution in [0.3, 0.4) is 0 Å². The molecule has 0 saturated heterocycles. The third kappa shape index (κ3) is 5.21. The topological polar surface area (TPSA) is 66.4 Å². The molecular formula is C17H25NO3. The van der Waals surface area contributed by atoms with Gasteiger partial charge in [0.25, 0.3) is 0 Å². The number of nitrogens with one attached hydrogen (secondary N) is 1. The summed E-state index contributed by atoms with van der Waals surface area (Å²) in [5.41, 5.74) is 1.41. The van der Waals surface area contributed by atoms with Crippen molar-refractivity contribution in [3.05, 3.63) is 35.4 Å². The fraction of sp³-hybridized carbons (Fsp3) is 0.529. The van der Waals surface area contributed by atoms with Crippen molar-refractivity contribution >= 4 is 11.9 Å². The third-order valence-corrected chi connectivity index (χ3v) is 3.98. The molecule has 1 amide bonds. The van der Waals surface area contributed by atoms with Gasteiger partial charge < -0.3 is 10.4 Å². The number of aliphatic carboxylic acids is 1. The van der Waals surface area contributed by atoms with Crippen LogP contribution in [0.4, 0.5) is 0 Å². The molecule has 0 aliphatic heterocycles. The van der Waals surface area contributed by atoms with Crippen molar-refractivity contribution in [2.75, 3.05) is 0 Å². The summed E-state index contributed by atoms with van der Waals surface area (Å²) in [6, 6.07) is 7.91. The van der Waals surface area contributed by atoms with Crippen LogP contribution in [-0.2, 0) is 22.4 Å². The van der Waals surface area contributed by atoms with Gasteiger partial charge in [0, 0.05) is 5.54 Å². The van der Waals surface area contributed by atoms with E-state index in [1.54, 1.807) is 6.92 Å². The maximum absolute atomic E-state index is 12.2. The monoisotopic (exact) mass is 291 g/mol. The number of benzene rings is 1. The van der Waals surface area contributed by atoms with E-state index in [-0.39, 0.29) is 24.7 Å². The van der Waals surface area contributed by atoms with E-state index >= 15 is 0 Å². The molecule has 116 valence electrons. The van der Waals surface area contributed by atoms with Crippen LogP contribution < -0.4 is 5.32 Å². The molecule has 1 atom stereocenters. The molecule has 4 nitrogen and oxygen atoms in total. The molecule has 21 heavy (non-hydrogen) atoms. The highest BCUT2D eigenvalue weighted by Crippen LogP contribution is 2.21. The van der Waals surface area contributed by atoms with Gasteiger partial charge in [-0.2, -0.15) is 0 Å². The Balaban J connectivity index is 2.76. The lowest BCUT2D eigenvalue weighted by atomic mass is 9.85. The first-order chi connectivity index (χ1) is 9.76. The van der Waals surface area contributed by atoms with Crippen molar-refractivity contribution < 1.29 is 14.7 Å². The van der Waals surface area contributed by atoms with Gasteiger partial charge in [0.05, 0.1) is 12.8 Å². The van der Waals surface area contributed by atoms with Crippen molar-refractivity contribution in [1.29, 1.82) is 0 Å². The van der Waals surface area contributed by atoms with Crippen LogP contribution in [0.15, 0.2) is 24.3 Å². The lowest BCUT2D eigenvalue weighted by Crippen LogP contribution is -2.51. The van der Waals surface area contributed by atoms with Gasteiger partial charge in [0.2, 0.25) is 5.91 Å². The number of carbonyl (C=O) groups excluding carboxylic acids is 1. The number of aryl methyl sites for hydroxylation is 1. The molecule has 1 unspecified atom stereocenters. The summed E-state index contributed by atoms with van der Waals surface area (Å²) in [5.74, 6) is -1.00. The summed E-state index contributed by atoms with van der Waals surface area (Å²) in [6.07, 6.45) is 1.12. The van der Waals surface area contributed by atoms with E-state index in [9.17, 15) is 9.59 Å². The minimum absolute atomic E-state index is 0.0412. The smallest absolute Gasteiger partial charge is 0.305 e. The Labute approximate surface area is 126 Å². The molecule has 0 aliphatic carbocycles. The van der Waals surface area contributed by atoms with Crippen molar-refractivity contribution in [2.24, 2.45) is 5.92 Å². The fourth-order valence-electron chi connectivity index (χ4n) is 2.21. The van der Waals surface area contributed by atoms with Gasteiger partial charge in [-0.1, -0.05) is 45.0 Å². The number of rotatable bonds is 7. The lowest BCUT2D eigenvalue weighted by molar-refractivity contribution is -0.139. The van der Waals surface area contributed by atoms with E-state index < -0.39 is 11.5 Å². The summed E-state index contributed by atoms with van der Waals surface area (Å²) >= 11 is 0. The molecule has 0 aliphatic rings. The normalized spacial score (nSPS) is 13.8. The zero-order valence-electron chi connectivity index (χ0n) is 13.3. The van der Waals surface area contributed by atoms with Crippen molar-refractivity contribution in [1.82, 2.24) is 5.32 Å². The first-order valence-electron chi connectivity index (χ1n) is 7.37. The SMILES string of the molecule is CCc1cccc(CC(=O)NC(C)(CC(=O)O)C(C)C)c1. The van der Waals surface area contributed by atoms with Gasteiger partial charge in [-0.05, 0) is 30.4 Å². The zero-order valence-corrected chi connectivity index (χ0v) is 13.3. The predicted molar refractivity (Wildman–Crippen MR) is 83.2 cm³/mol. The van der Waals surface area contributed by atoms with Gasteiger partial charge >= 0.3 is 5.97 Å². The molecule has 0 bridgehead atoms. The van der Waals surface area contributed by atoms with Gasteiger partial charge in [-0.3, -0.25) is 9.59 Å². The van der Waals surface area contributed by atoms with Crippen LogP contribution >= 0.6 is 0 Å². The van der Waals surface area contributed by atoms with Crippen LogP contribution in [0.2, 0.25) is 0 Å². The number of amides is 1. The fourth-order valence-corrected chi connectivity index (χ4v) is 2.21. The quantitative estimate of drug-likeness (QED) is 0.812. The standard InChI is InChI=1S/C17H25NO3/c1-5-13-7-6-8-14(9-13)10-15(19)18-17(4,12(2)3)11-16(20)21/h6-9,12H,5,10-11H2,1-4H3,(H,18,19)(H,20,21). The summed E-state index contributed by atoms with van der Waals surface area (Å²) in [6.45, 7) is 7.69. The molecule has 0 radical (unpaired) electrons. The molecule has 0 heterocycles. The van der Waals surface area contributed by atoms with E-state index in [1.165, 1.54) is 5.56 Å². The van der Waals surface area contributed by atoms with Crippen LogP contribution in [0.25, 0.3) is 0 Å². The average Bonchev–Trinajstić information content (AvgIpc) is 2.37. The molecule has 1 rings (SSSR count). The first-order valence-corrected chi connectivity index (χ1v) is 7.37. The molecular weight excluding hydrogens is 266 g/mol. The third-order valence-electron chi connectivity index (χ3n) is 3.98. The predicted octanol–water partition coefficient (Wildman–Crippen LogP) is 2.80. The summed E-state index contributed by atoms with van der Waals surface area (Å²) in [5, 5.41) is 11.9. The number of hydrogen-bond acceptors (Lipinski definition) is 2. The molecule has 2 N–H and O–H groups in total. The highest BCUT2D eigenvalue weighted by molar-refractivity contribution is 5.80. The highest BCUT2D eigenvalue weighted by Gasteiger charge is 2.32. The highest BCUT2D eigenvalue weighted by atomic mass is 16.4. The van der Waals surface area contributed by atoms with E-state index in [2.05, 4.69) is 12.2 Å². The second kappa shape index (κ2) is 7.25. The summed E-state index contributed by atoms with van der Waals surface area (Å²) in [4.78, 5) is 23.2. The Morgan fingerprint density at radius 3 is 2.43 bits per heavy atom. The van der Waals surface area contributed by atoms with Crippen molar-refractivity contribution in [2.45, 2.75) is 52.5 Å². The van der Waals surface area contributed by atoms with Crippen LogP contribution in [0.1, 0.15) is 45.2 Å². The Kier molecular flexibility index (Phi) is 5.94. The summed E-state index contributed by atoms with van der Waals surface area (Å²) < 4.78 is 0. The van der Waals surface area contributed by atoms with E-state index in [0.717, 1.165) is 12.0 Å². The number of carboxylic acids is 1. The van der Waals surface area contributed by atoms with E-state index in [1.807, 2.05) is 38.1 Å². The Hall–Kier alpha value is -1.84. The van der Waals surface area contributed by atoms with Crippen LogP contribution in [-0.4, -0.2) is 22.5 Å². The van der Waals surface area contributed by atoms with Gasteiger partial charge in [0.15, 0.2) is 0 Å². The first kappa shape index (κ1) is 17.2. The van der Waals surface area contributed by atoms with Crippen molar-refractivity contribution in [3.63, 3.8) is 0 Å². The molecule has 0 saturated carbocycles. The van der Waals surface area contributed by atoms with E-state index in [0.29, 0.717) is 0 Å². The maximum Gasteiger partial charge on any atom is 0.305 e. The Morgan fingerprint density at radius 2 is 1.90 bits per heavy atom. The van der Waals surface area contributed by atoms with Gasteiger partial charge in [-0.15, -0.1) is 0 Å². The second-order valence-corrected chi connectivity index (χ2v) is 6.04. The number of carboxylic acid groups (broad SMARTS) is 1. The summed E-state index contributed by atoms with van der Waals surface area (Å²) in [7, 11) is 0. The Morgan fingerprint density at radius 1 is 1.29 bits per heavy atom. The van der Waals surface area contributed by atoms with Gasteiger partial charge in [0.1, 0.15) is 0 Å². The minimum atomic E-state index is -0.903. The van der Waals surface area contributed by atoms with E-state index in [4.69, 9.17) is 5.11 Å². The second-order valence-electron chi connectivity index (χ2n) is 6.04. The van der Waals surface area contributed by atoms with Gasteiger partial charge in [-0.25, -0.2) is 0 Å². The molecule has 1 aromatic rings. The molecule has 4 heteroatoms. The number of carbonyl (C=O) groups is 2. The molecule has 0 spiro atoms. The largest absolute Gasteiger partial charge is 0.481 e.